The van der Waals surface area contributed by atoms with Crippen LogP contribution in [-0.4, -0.2) is 11.9 Å². The van der Waals surface area contributed by atoms with E-state index in [1.54, 1.807) is 6.92 Å². The average molecular weight is 167 g/mol. The summed E-state index contributed by atoms with van der Waals surface area (Å²) in [4.78, 5) is 4.03. The molecule has 0 aromatic heterocycles. The number of nitrogens with zero attached hydrogens (tertiary/aromatic N) is 1. The number of rotatable bonds is 3. The molecule has 1 aliphatic carbocycles. The summed E-state index contributed by atoms with van der Waals surface area (Å²) in [5.74, 6) is 1.26. The monoisotopic (exact) mass is 167 g/mol. The van der Waals surface area contributed by atoms with E-state index in [4.69, 9.17) is 5.73 Å². The first-order chi connectivity index (χ1) is 5.68. The van der Waals surface area contributed by atoms with Crippen molar-refractivity contribution in [2.45, 2.75) is 38.6 Å². The molecule has 3 nitrogen and oxygen atoms in total. The van der Waals surface area contributed by atoms with E-state index >= 15 is 0 Å². The van der Waals surface area contributed by atoms with Gasteiger partial charge in [0.05, 0.1) is 5.84 Å². The maximum Gasteiger partial charge on any atom is 0.120 e. The smallest absolute Gasteiger partial charge is 0.120 e. The molecule has 0 amide bonds. The van der Waals surface area contributed by atoms with Crippen molar-refractivity contribution in [3.8, 4) is 0 Å². The van der Waals surface area contributed by atoms with Crippen molar-refractivity contribution in [1.29, 1.82) is 0 Å². The van der Waals surface area contributed by atoms with Gasteiger partial charge in [0.2, 0.25) is 0 Å². The molecule has 1 fully saturated rings. The van der Waals surface area contributed by atoms with Gasteiger partial charge in [-0.1, -0.05) is 19.4 Å². The molecule has 0 saturated heterocycles. The number of hydrogen-bond acceptors (Lipinski definition) is 2. The molecule has 0 bridgehead atoms. The molecule has 0 aliphatic heterocycles. The van der Waals surface area contributed by atoms with Crippen molar-refractivity contribution in [3.63, 3.8) is 0 Å². The highest BCUT2D eigenvalue weighted by atomic mass is 15.1. The summed E-state index contributed by atoms with van der Waals surface area (Å²) >= 11 is 0. The van der Waals surface area contributed by atoms with Crippen LogP contribution in [0.3, 0.4) is 0 Å². The Morgan fingerprint density at radius 3 is 2.58 bits per heavy atom. The van der Waals surface area contributed by atoms with Crippen molar-refractivity contribution in [1.82, 2.24) is 5.32 Å². The van der Waals surface area contributed by atoms with E-state index in [9.17, 15) is 0 Å². The lowest BCUT2D eigenvalue weighted by Gasteiger charge is -2.12. The highest BCUT2D eigenvalue weighted by Gasteiger charge is 2.14. The first-order valence-electron chi connectivity index (χ1n) is 4.44. The Kier molecular flexibility index (Phi) is 3.14. The van der Waals surface area contributed by atoms with Gasteiger partial charge in [0.1, 0.15) is 5.82 Å². The second-order valence-corrected chi connectivity index (χ2v) is 3.33. The van der Waals surface area contributed by atoms with E-state index in [1.807, 2.05) is 0 Å². The summed E-state index contributed by atoms with van der Waals surface area (Å²) in [5.41, 5.74) is 5.42. The summed E-state index contributed by atoms with van der Waals surface area (Å²) in [6.45, 7) is 5.55. The molecule has 1 rings (SSSR count). The fourth-order valence-corrected chi connectivity index (χ4v) is 1.55. The molecule has 0 atom stereocenters. The van der Waals surface area contributed by atoms with Crippen LogP contribution in [0.15, 0.2) is 17.4 Å². The lowest BCUT2D eigenvalue weighted by atomic mass is 10.2. The molecule has 3 N–H and O–H groups in total. The molecule has 1 aliphatic rings. The fraction of sp³-hybridized carbons (Fsp3) is 0.667. The zero-order valence-corrected chi connectivity index (χ0v) is 7.64. The lowest BCUT2D eigenvalue weighted by Crippen LogP contribution is -2.25. The number of amidine groups is 1. The minimum Gasteiger partial charge on any atom is -0.387 e. The number of aliphatic imine (C=N–C) groups is 1. The molecule has 0 heterocycles. The lowest BCUT2D eigenvalue weighted by molar-refractivity contribution is 0.582. The van der Waals surface area contributed by atoms with Crippen LogP contribution in [0.5, 0.6) is 0 Å². The van der Waals surface area contributed by atoms with E-state index in [0.29, 0.717) is 17.7 Å². The van der Waals surface area contributed by atoms with Crippen LogP contribution in [0, 0.1) is 0 Å². The van der Waals surface area contributed by atoms with Crippen molar-refractivity contribution >= 4 is 5.84 Å². The minimum absolute atomic E-state index is 0.561. The van der Waals surface area contributed by atoms with E-state index in [2.05, 4.69) is 16.9 Å². The maximum absolute atomic E-state index is 5.42. The third-order valence-electron chi connectivity index (χ3n) is 2.04. The molecule has 3 heteroatoms. The van der Waals surface area contributed by atoms with Gasteiger partial charge in [-0.15, -0.1) is 0 Å². The van der Waals surface area contributed by atoms with Crippen LogP contribution in [0.4, 0.5) is 0 Å². The van der Waals surface area contributed by atoms with Gasteiger partial charge in [-0.25, -0.2) is 4.99 Å². The predicted octanol–water partition coefficient (Wildman–Crippen LogP) is 1.37. The van der Waals surface area contributed by atoms with Crippen molar-refractivity contribution in [3.05, 3.63) is 12.4 Å². The molecule has 0 aromatic rings. The molecule has 0 spiro atoms. The Morgan fingerprint density at radius 1 is 1.50 bits per heavy atom. The quantitative estimate of drug-likeness (QED) is 0.492. The molecular formula is C9H17N3. The largest absolute Gasteiger partial charge is 0.387 e. The van der Waals surface area contributed by atoms with Gasteiger partial charge >= 0.3 is 0 Å². The first kappa shape index (κ1) is 9.10. The third kappa shape index (κ3) is 2.95. The Balaban J connectivity index is 2.30. The highest BCUT2D eigenvalue weighted by Crippen LogP contribution is 2.18. The van der Waals surface area contributed by atoms with Crippen LogP contribution in [0.2, 0.25) is 0 Å². The number of nitrogens with one attached hydrogen (secondary N) is 1. The summed E-state index contributed by atoms with van der Waals surface area (Å²) in [6.07, 6.45) is 5.10. The molecule has 12 heavy (non-hydrogen) atoms. The van der Waals surface area contributed by atoms with E-state index in [1.165, 1.54) is 25.7 Å². The van der Waals surface area contributed by atoms with Crippen molar-refractivity contribution in [2.75, 3.05) is 0 Å². The summed E-state index contributed by atoms with van der Waals surface area (Å²) in [5, 5.41) is 3.25. The summed E-state index contributed by atoms with van der Waals surface area (Å²) in [6, 6.07) is 0.570. The average Bonchev–Trinajstić information content (AvgIpc) is 2.37. The molecule has 68 valence electrons. The van der Waals surface area contributed by atoms with Gasteiger partial charge < -0.3 is 11.1 Å². The molecule has 0 aromatic carbocycles. The first-order valence-corrected chi connectivity index (χ1v) is 4.44. The van der Waals surface area contributed by atoms with E-state index in [0.717, 1.165) is 0 Å². The van der Waals surface area contributed by atoms with Crippen LogP contribution in [0.25, 0.3) is 0 Å². The molecule has 0 radical (unpaired) electrons. The van der Waals surface area contributed by atoms with Gasteiger partial charge in [0.15, 0.2) is 0 Å². The van der Waals surface area contributed by atoms with Crippen LogP contribution in [-0.2, 0) is 0 Å². The van der Waals surface area contributed by atoms with Crippen molar-refractivity contribution in [2.24, 2.45) is 10.7 Å². The number of hydrogen-bond donors (Lipinski definition) is 2. The van der Waals surface area contributed by atoms with Crippen LogP contribution >= 0.6 is 0 Å². The topological polar surface area (TPSA) is 50.4 Å². The van der Waals surface area contributed by atoms with Gasteiger partial charge in [-0.3, -0.25) is 0 Å². The second kappa shape index (κ2) is 4.14. The Labute approximate surface area is 73.7 Å². The third-order valence-corrected chi connectivity index (χ3v) is 2.04. The Morgan fingerprint density at radius 2 is 2.08 bits per heavy atom. The Bertz CT molecular complexity index is 186. The van der Waals surface area contributed by atoms with E-state index in [-0.39, 0.29) is 0 Å². The van der Waals surface area contributed by atoms with Crippen LogP contribution in [0.1, 0.15) is 32.6 Å². The fourth-order valence-electron chi connectivity index (χ4n) is 1.55. The van der Waals surface area contributed by atoms with Gasteiger partial charge in [0.25, 0.3) is 0 Å². The zero-order valence-electron chi connectivity index (χ0n) is 7.64. The summed E-state index contributed by atoms with van der Waals surface area (Å²) in [7, 11) is 0. The van der Waals surface area contributed by atoms with Crippen molar-refractivity contribution < 1.29 is 0 Å². The van der Waals surface area contributed by atoms with Gasteiger partial charge in [-0.05, 0) is 19.8 Å². The summed E-state index contributed by atoms with van der Waals surface area (Å²) < 4.78 is 0. The standard InChI is InChI=1S/C9H17N3/c1-7(10)11-8(2)12-9-5-3-4-6-9/h9,12H,2-6H2,1H3,(H2,10,11). The second-order valence-electron chi connectivity index (χ2n) is 3.33. The van der Waals surface area contributed by atoms with Gasteiger partial charge in [-0.2, -0.15) is 0 Å². The maximum atomic E-state index is 5.42. The van der Waals surface area contributed by atoms with Crippen LogP contribution < -0.4 is 11.1 Å². The predicted molar refractivity (Wildman–Crippen MR) is 51.8 cm³/mol. The van der Waals surface area contributed by atoms with E-state index < -0.39 is 0 Å². The Hall–Kier alpha value is -0.990. The highest BCUT2D eigenvalue weighted by molar-refractivity contribution is 5.78. The zero-order chi connectivity index (χ0) is 8.97. The molecule has 1 saturated carbocycles. The SMILES string of the molecule is C=C(N=C(C)N)NC1CCCC1. The van der Waals surface area contributed by atoms with Gasteiger partial charge in [0, 0.05) is 6.04 Å². The number of nitrogens with two attached hydrogens (primary N) is 1. The molecular weight excluding hydrogens is 150 g/mol. The minimum atomic E-state index is 0.561. The molecule has 0 unspecified atom stereocenters. The normalized spacial score (nSPS) is 19.6.